The van der Waals surface area contributed by atoms with E-state index in [0.717, 1.165) is 25.1 Å². The molecule has 10 heteroatoms. The molecule has 34 heavy (non-hydrogen) atoms. The molecule has 2 fully saturated rings. The van der Waals surface area contributed by atoms with Gasteiger partial charge in [0, 0.05) is 20.6 Å². The Morgan fingerprint density at radius 2 is 2.00 bits per heavy atom. The average Bonchev–Trinajstić information content (AvgIpc) is 3.16. The zero-order chi connectivity index (χ0) is 24.2. The standard InChI is InChI=1S/C24H34N6O4/c1-15-21(34-18-9-5-8-17(12-18)23(31)32)11-10-19(26-15)22-20(30(3)28-27-22)13-25-24(33)29(2)14-16-6-4-7-16/h10-11,16-18H,4-9,12-14H2,1-3H3,(H,25,33)(H,31,32). The molecule has 2 amide bonds. The number of nitrogens with one attached hydrogen (secondary N) is 1. The fraction of sp³-hybridized carbons (Fsp3) is 0.625. The molecular weight excluding hydrogens is 436 g/mol. The maximum absolute atomic E-state index is 12.5. The molecule has 2 heterocycles. The highest BCUT2D eigenvalue weighted by atomic mass is 16.5. The molecule has 0 saturated heterocycles. The van der Waals surface area contributed by atoms with Gasteiger partial charge in [0.2, 0.25) is 0 Å². The highest BCUT2D eigenvalue weighted by Crippen LogP contribution is 2.30. The Morgan fingerprint density at radius 3 is 2.68 bits per heavy atom. The number of aliphatic carboxylic acids is 1. The number of carboxylic acid groups (broad SMARTS) is 1. The van der Waals surface area contributed by atoms with Crippen molar-refractivity contribution in [3.63, 3.8) is 0 Å². The molecule has 2 aromatic heterocycles. The Kier molecular flexibility index (Phi) is 7.33. The third kappa shape index (κ3) is 5.48. The second-order valence-corrected chi connectivity index (χ2v) is 9.57. The molecule has 2 saturated carbocycles. The fourth-order valence-corrected chi connectivity index (χ4v) is 4.67. The topological polar surface area (TPSA) is 122 Å². The van der Waals surface area contributed by atoms with E-state index in [1.54, 1.807) is 16.6 Å². The van der Waals surface area contributed by atoms with E-state index >= 15 is 0 Å². The van der Waals surface area contributed by atoms with Gasteiger partial charge in [-0.2, -0.15) is 0 Å². The van der Waals surface area contributed by atoms with Gasteiger partial charge in [0.25, 0.3) is 0 Å². The molecule has 2 aromatic rings. The van der Waals surface area contributed by atoms with Gasteiger partial charge >= 0.3 is 12.0 Å². The first-order valence-electron chi connectivity index (χ1n) is 12.1. The molecule has 4 rings (SSSR count). The van der Waals surface area contributed by atoms with Gasteiger partial charge in [-0.25, -0.2) is 14.5 Å². The van der Waals surface area contributed by atoms with Gasteiger partial charge in [0.15, 0.2) is 0 Å². The number of ether oxygens (including phenoxy) is 1. The molecular formula is C24H34N6O4. The number of carbonyl (C=O) groups is 2. The summed E-state index contributed by atoms with van der Waals surface area (Å²) in [5.41, 5.74) is 2.73. The van der Waals surface area contributed by atoms with Gasteiger partial charge in [0.1, 0.15) is 11.4 Å². The van der Waals surface area contributed by atoms with Gasteiger partial charge in [-0.1, -0.05) is 11.6 Å². The lowest BCUT2D eigenvalue weighted by atomic mass is 9.85. The molecule has 2 atom stereocenters. The second kappa shape index (κ2) is 10.4. The summed E-state index contributed by atoms with van der Waals surface area (Å²) in [4.78, 5) is 30.3. The number of hydrogen-bond donors (Lipinski definition) is 2. The van der Waals surface area contributed by atoms with Crippen LogP contribution in [-0.2, 0) is 18.4 Å². The van der Waals surface area contributed by atoms with Crippen LogP contribution in [-0.4, -0.2) is 61.7 Å². The Bertz CT molecular complexity index is 1030. The van der Waals surface area contributed by atoms with Gasteiger partial charge in [-0.05, 0) is 63.5 Å². The second-order valence-electron chi connectivity index (χ2n) is 9.57. The van der Waals surface area contributed by atoms with Gasteiger partial charge in [-0.15, -0.1) is 5.10 Å². The van der Waals surface area contributed by atoms with Crippen LogP contribution in [0.4, 0.5) is 4.79 Å². The Morgan fingerprint density at radius 1 is 1.24 bits per heavy atom. The van der Waals surface area contributed by atoms with Crippen molar-refractivity contribution in [2.45, 2.75) is 64.5 Å². The van der Waals surface area contributed by atoms with Crippen LogP contribution in [0.25, 0.3) is 11.4 Å². The summed E-state index contributed by atoms with van der Waals surface area (Å²) in [6.45, 7) is 2.94. The molecule has 2 aliphatic rings. The number of rotatable bonds is 8. The third-order valence-electron chi connectivity index (χ3n) is 7.00. The predicted octanol–water partition coefficient (Wildman–Crippen LogP) is 3.15. The summed E-state index contributed by atoms with van der Waals surface area (Å²) < 4.78 is 7.76. The first-order valence-corrected chi connectivity index (χ1v) is 12.1. The van der Waals surface area contributed by atoms with E-state index in [1.807, 2.05) is 26.1 Å². The maximum Gasteiger partial charge on any atom is 0.317 e. The molecule has 0 radical (unpaired) electrons. The van der Waals surface area contributed by atoms with E-state index in [9.17, 15) is 14.7 Å². The van der Waals surface area contributed by atoms with Crippen molar-refractivity contribution in [3.05, 3.63) is 23.5 Å². The Hall–Kier alpha value is -3.17. The van der Waals surface area contributed by atoms with Gasteiger partial charge in [0.05, 0.1) is 35.6 Å². The Balaban J connectivity index is 1.41. The molecule has 0 aromatic carbocycles. The van der Waals surface area contributed by atoms with Crippen molar-refractivity contribution < 1.29 is 19.4 Å². The molecule has 2 N–H and O–H groups in total. The van der Waals surface area contributed by atoms with E-state index in [0.29, 0.717) is 48.1 Å². The number of urea groups is 1. The molecule has 2 unspecified atom stereocenters. The summed E-state index contributed by atoms with van der Waals surface area (Å²) in [5.74, 6) is 0.156. The van der Waals surface area contributed by atoms with Crippen LogP contribution in [0.2, 0.25) is 0 Å². The zero-order valence-electron chi connectivity index (χ0n) is 20.2. The van der Waals surface area contributed by atoms with Crippen LogP contribution in [0.5, 0.6) is 5.75 Å². The zero-order valence-corrected chi connectivity index (χ0v) is 20.2. The van der Waals surface area contributed by atoms with Crippen LogP contribution in [0, 0.1) is 18.8 Å². The van der Waals surface area contributed by atoms with Crippen molar-refractivity contribution in [2.24, 2.45) is 18.9 Å². The number of carboxylic acids is 1. The Labute approximate surface area is 199 Å². The largest absolute Gasteiger partial charge is 0.489 e. The molecule has 0 aliphatic heterocycles. The molecule has 0 spiro atoms. The van der Waals surface area contributed by atoms with Crippen molar-refractivity contribution >= 4 is 12.0 Å². The van der Waals surface area contributed by atoms with Crippen molar-refractivity contribution in [2.75, 3.05) is 13.6 Å². The van der Waals surface area contributed by atoms with Gasteiger partial charge < -0.3 is 20.1 Å². The van der Waals surface area contributed by atoms with Crippen LogP contribution in [0.1, 0.15) is 56.3 Å². The molecule has 0 bridgehead atoms. The van der Waals surface area contributed by atoms with E-state index in [2.05, 4.69) is 20.6 Å². The van der Waals surface area contributed by atoms with Crippen molar-refractivity contribution in [1.82, 2.24) is 30.2 Å². The summed E-state index contributed by atoms with van der Waals surface area (Å²) in [6.07, 6.45) is 6.42. The maximum atomic E-state index is 12.5. The van der Waals surface area contributed by atoms with Crippen LogP contribution < -0.4 is 10.1 Å². The third-order valence-corrected chi connectivity index (χ3v) is 7.00. The minimum Gasteiger partial charge on any atom is -0.489 e. The minimum atomic E-state index is -0.755. The summed E-state index contributed by atoms with van der Waals surface area (Å²) in [5, 5.41) is 20.7. The molecule has 184 valence electrons. The first kappa shape index (κ1) is 24.0. The monoisotopic (exact) mass is 470 g/mol. The normalized spacial score (nSPS) is 20.4. The van der Waals surface area contributed by atoms with Crippen LogP contribution in [0.3, 0.4) is 0 Å². The number of carbonyl (C=O) groups excluding carboxylic acids is 1. The molecule has 10 nitrogen and oxygen atoms in total. The van der Waals surface area contributed by atoms with Crippen molar-refractivity contribution in [3.8, 4) is 17.1 Å². The van der Waals surface area contributed by atoms with Gasteiger partial charge in [-0.3, -0.25) is 4.79 Å². The summed E-state index contributed by atoms with van der Waals surface area (Å²) >= 11 is 0. The lowest BCUT2D eigenvalue weighted by Crippen LogP contribution is -2.41. The van der Waals surface area contributed by atoms with E-state index in [4.69, 9.17) is 4.74 Å². The number of aromatic nitrogens is 4. The lowest BCUT2D eigenvalue weighted by Gasteiger charge is -2.30. The fourth-order valence-electron chi connectivity index (χ4n) is 4.67. The number of pyridine rings is 1. The predicted molar refractivity (Wildman–Crippen MR) is 125 cm³/mol. The van der Waals surface area contributed by atoms with Crippen LogP contribution >= 0.6 is 0 Å². The quantitative estimate of drug-likeness (QED) is 0.608. The summed E-state index contributed by atoms with van der Waals surface area (Å²) in [7, 11) is 3.62. The average molecular weight is 471 g/mol. The molecule has 2 aliphatic carbocycles. The smallest absolute Gasteiger partial charge is 0.317 e. The SMILES string of the molecule is Cc1nc(-c2nnn(C)c2CNC(=O)N(C)CC2CCC2)ccc1OC1CCCC(C(=O)O)C1. The minimum absolute atomic E-state index is 0.112. The lowest BCUT2D eigenvalue weighted by molar-refractivity contribution is -0.143. The number of nitrogens with zero attached hydrogens (tertiary/aromatic N) is 5. The highest BCUT2D eigenvalue weighted by Gasteiger charge is 2.28. The van der Waals surface area contributed by atoms with E-state index in [1.165, 1.54) is 19.3 Å². The first-order chi connectivity index (χ1) is 16.3. The number of aryl methyl sites for hydroxylation is 2. The number of hydrogen-bond acceptors (Lipinski definition) is 6. The number of amides is 2. The highest BCUT2D eigenvalue weighted by molar-refractivity contribution is 5.74. The van der Waals surface area contributed by atoms with E-state index < -0.39 is 5.97 Å². The summed E-state index contributed by atoms with van der Waals surface area (Å²) in [6, 6.07) is 3.57. The van der Waals surface area contributed by atoms with Crippen LogP contribution in [0.15, 0.2) is 12.1 Å². The van der Waals surface area contributed by atoms with E-state index in [-0.39, 0.29) is 18.1 Å². The van der Waals surface area contributed by atoms with Crippen molar-refractivity contribution in [1.29, 1.82) is 0 Å².